The Morgan fingerprint density at radius 3 is 2.06 bits per heavy atom. The van der Waals surface area contributed by atoms with Gasteiger partial charge in [0.15, 0.2) is 0 Å². The molecule has 0 aliphatic heterocycles. The van der Waals surface area contributed by atoms with Crippen molar-refractivity contribution in [1.82, 2.24) is 10.2 Å². The molecule has 0 spiro atoms. The van der Waals surface area contributed by atoms with Crippen molar-refractivity contribution in [2.45, 2.75) is 72.0 Å². The molecule has 2 amide bonds. The quantitative estimate of drug-likeness (QED) is 0.310. The van der Waals surface area contributed by atoms with Gasteiger partial charge in [0, 0.05) is 37.3 Å². The maximum absolute atomic E-state index is 12.6. The predicted molar refractivity (Wildman–Crippen MR) is 138 cm³/mol. The van der Waals surface area contributed by atoms with Crippen LogP contribution in [0.4, 0.5) is 9.59 Å². The van der Waals surface area contributed by atoms with Crippen molar-refractivity contribution in [1.29, 1.82) is 0 Å². The van der Waals surface area contributed by atoms with Gasteiger partial charge in [-0.05, 0) is 71.7 Å². The molecule has 8 nitrogen and oxygen atoms in total. The van der Waals surface area contributed by atoms with Gasteiger partial charge in [0.2, 0.25) is 0 Å². The Hall–Kier alpha value is -2.19. The van der Waals surface area contributed by atoms with E-state index in [0.717, 1.165) is 11.1 Å². The SMILES string of the molecule is Cc1ccc(OC(=O)N(CCCl)CCCl)cc1C(CNC(=O)OC(C)(C)C)CC(=O)OC(C)(C)C. The number of nitrogens with one attached hydrogen (secondary N) is 1. The lowest BCUT2D eigenvalue weighted by Gasteiger charge is -2.25. The number of alkyl carbamates (subject to hydrolysis) is 1. The Morgan fingerprint density at radius 2 is 1.54 bits per heavy atom. The fraction of sp³-hybridized carbons (Fsp3) is 0.640. The number of hydrogen-bond acceptors (Lipinski definition) is 6. The van der Waals surface area contributed by atoms with E-state index in [0.29, 0.717) is 18.8 Å². The zero-order valence-corrected chi connectivity index (χ0v) is 23.2. The molecule has 1 rings (SSSR count). The van der Waals surface area contributed by atoms with Gasteiger partial charge in [-0.1, -0.05) is 6.07 Å². The van der Waals surface area contributed by atoms with Gasteiger partial charge in [-0.25, -0.2) is 9.59 Å². The third kappa shape index (κ3) is 12.4. The van der Waals surface area contributed by atoms with Crippen LogP contribution in [0, 0.1) is 6.92 Å². The Labute approximate surface area is 218 Å². The molecule has 0 saturated heterocycles. The Bertz CT molecular complexity index is 858. The first kappa shape index (κ1) is 30.8. The molecule has 1 unspecified atom stereocenters. The molecule has 1 aromatic rings. The molecule has 1 atom stereocenters. The fourth-order valence-electron chi connectivity index (χ4n) is 3.18. The van der Waals surface area contributed by atoms with Crippen molar-refractivity contribution in [3.8, 4) is 5.75 Å². The summed E-state index contributed by atoms with van der Waals surface area (Å²) in [7, 11) is 0. The number of rotatable bonds is 10. The van der Waals surface area contributed by atoms with Crippen LogP contribution in [0.1, 0.15) is 65.0 Å². The van der Waals surface area contributed by atoms with E-state index in [4.69, 9.17) is 37.4 Å². The highest BCUT2D eigenvalue weighted by atomic mass is 35.5. The van der Waals surface area contributed by atoms with Gasteiger partial charge in [0.25, 0.3) is 0 Å². The molecule has 10 heteroatoms. The van der Waals surface area contributed by atoms with Gasteiger partial charge >= 0.3 is 18.2 Å². The second-order valence-corrected chi connectivity index (χ2v) is 10.9. The van der Waals surface area contributed by atoms with Gasteiger partial charge in [0.05, 0.1) is 6.42 Å². The van der Waals surface area contributed by atoms with Crippen molar-refractivity contribution in [3.05, 3.63) is 29.3 Å². The van der Waals surface area contributed by atoms with Crippen LogP contribution in [0.3, 0.4) is 0 Å². The molecule has 0 bridgehead atoms. The van der Waals surface area contributed by atoms with Crippen LogP contribution in [0.25, 0.3) is 0 Å². The minimum Gasteiger partial charge on any atom is -0.460 e. The number of hydrogen-bond donors (Lipinski definition) is 1. The molecular formula is C25H38Cl2N2O6. The minimum atomic E-state index is -0.660. The zero-order chi connectivity index (χ0) is 26.8. The fourth-order valence-corrected chi connectivity index (χ4v) is 3.59. The number of esters is 1. The summed E-state index contributed by atoms with van der Waals surface area (Å²) in [5, 5.41) is 2.73. The summed E-state index contributed by atoms with van der Waals surface area (Å²) in [5.74, 6) is -0.0570. The Balaban J connectivity index is 3.16. The number of carbonyl (C=O) groups excluding carboxylic acids is 3. The number of alkyl halides is 2. The number of halogens is 2. The van der Waals surface area contributed by atoms with E-state index in [1.807, 2.05) is 6.92 Å². The summed E-state index contributed by atoms with van der Waals surface area (Å²) in [4.78, 5) is 38.9. The van der Waals surface area contributed by atoms with E-state index < -0.39 is 35.3 Å². The summed E-state index contributed by atoms with van der Waals surface area (Å²) in [6, 6.07) is 5.15. The van der Waals surface area contributed by atoms with Gasteiger partial charge in [0.1, 0.15) is 17.0 Å². The molecule has 0 aliphatic carbocycles. The first-order valence-corrected chi connectivity index (χ1v) is 12.6. The number of carbonyl (C=O) groups is 3. The standard InChI is InChI=1S/C25H38Cl2N2O6/c1-17-8-9-19(33-23(32)29(12-10-26)13-11-27)15-20(17)18(14-21(30)34-24(2,3)4)16-28-22(31)35-25(5,6)7/h8-9,15,18H,10-14,16H2,1-7H3,(H,28,31). The van der Waals surface area contributed by atoms with Gasteiger partial charge < -0.3 is 24.4 Å². The number of ether oxygens (including phenoxy) is 3. The van der Waals surface area contributed by atoms with Crippen LogP contribution in [0.15, 0.2) is 18.2 Å². The van der Waals surface area contributed by atoms with Crippen LogP contribution in [0.5, 0.6) is 5.75 Å². The van der Waals surface area contributed by atoms with Gasteiger partial charge in [-0.3, -0.25) is 4.79 Å². The average Bonchev–Trinajstić information content (AvgIpc) is 2.69. The van der Waals surface area contributed by atoms with Gasteiger partial charge in [-0.2, -0.15) is 0 Å². The summed E-state index contributed by atoms with van der Waals surface area (Å²) < 4.78 is 16.4. The molecule has 35 heavy (non-hydrogen) atoms. The first-order valence-electron chi connectivity index (χ1n) is 11.5. The average molecular weight is 533 g/mol. The minimum absolute atomic E-state index is 0.00985. The largest absolute Gasteiger partial charge is 0.460 e. The second kappa shape index (κ2) is 13.8. The number of amides is 2. The lowest BCUT2D eigenvalue weighted by atomic mass is 9.91. The Morgan fingerprint density at radius 1 is 0.971 bits per heavy atom. The van der Waals surface area contributed by atoms with E-state index in [1.165, 1.54) is 4.90 Å². The smallest absolute Gasteiger partial charge is 0.415 e. The highest BCUT2D eigenvalue weighted by Crippen LogP contribution is 2.28. The third-order valence-electron chi connectivity index (χ3n) is 4.59. The normalized spacial score (nSPS) is 12.5. The van der Waals surface area contributed by atoms with E-state index in [9.17, 15) is 14.4 Å². The lowest BCUT2D eigenvalue weighted by Crippen LogP contribution is -2.36. The van der Waals surface area contributed by atoms with Crippen molar-refractivity contribution in [3.63, 3.8) is 0 Å². The highest BCUT2D eigenvalue weighted by Gasteiger charge is 2.25. The molecular weight excluding hydrogens is 495 g/mol. The molecule has 0 aliphatic rings. The summed E-state index contributed by atoms with van der Waals surface area (Å²) >= 11 is 11.6. The second-order valence-electron chi connectivity index (χ2n) is 10.1. The Kier molecular flexibility index (Phi) is 12.1. The van der Waals surface area contributed by atoms with E-state index >= 15 is 0 Å². The summed E-state index contributed by atoms with van der Waals surface area (Å²) in [6.45, 7) is 13.3. The lowest BCUT2D eigenvalue weighted by molar-refractivity contribution is -0.155. The zero-order valence-electron chi connectivity index (χ0n) is 21.7. The molecule has 0 radical (unpaired) electrons. The highest BCUT2D eigenvalue weighted by molar-refractivity contribution is 6.18. The van der Waals surface area contributed by atoms with Crippen molar-refractivity contribution in [2.24, 2.45) is 0 Å². The maximum atomic E-state index is 12.6. The molecule has 0 heterocycles. The van der Waals surface area contributed by atoms with Crippen LogP contribution in [-0.2, 0) is 14.3 Å². The summed E-state index contributed by atoms with van der Waals surface area (Å²) in [5.41, 5.74) is 0.286. The molecule has 0 aromatic heterocycles. The van der Waals surface area contributed by atoms with E-state index in [1.54, 1.807) is 59.7 Å². The topological polar surface area (TPSA) is 94.2 Å². The molecule has 198 valence electrons. The molecule has 1 N–H and O–H groups in total. The predicted octanol–water partition coefficient (Wildman–Crippen LogP) is 5.61. The maximum Gasteiger partial charge on any atom is 0.415 e. The van der Waals surface area contributed by atoms with Crippen LogP contribution in [-0.4, -0.2) is 65.7 Å². The third-order valence-corrected chi connectivity index (χ3v) is 4.93. The van der Waals surface area contributed by atoms with E-state index in [-0.39, 0.29) is 24.7 Å². The first-order chi connectivity index (χ1) is 16.1. The number of aryl methyl sites for hydroxylation is 1. The molecule has 0 fully saturated rings. The van der Waals surface area contributed by atoms with Gasteiger partial charge in [-0.15, -0.1) is 23.2 Å². The van der Waals surface area contributed by atoms with Crippen molar-refractivity contribution < 1.29 is 28.6 Å². The van der Waals surface area contributed by atoms with Crippen LogP contribution >= 0.6 is 23.2 Å². The molecule has 1 aromatic carbocycles. The monoisotopic (exact) mass is 532 g/mol. The van der Waals surface area contributed by atoms with Crippen LogP contribution in [0.2, 0.25) is 0 Å². The van der Waals surface area contributed by atoms with E-state index in [2.05, 4.69) is 5.32 Å². The summed E-state index contributed by atoms with van der Waals surface area (Å²) in [6.07, 6.45) is -1.16. The van der Waals surface area contributed by atoms with Crippen LogP contribution < -0.4 is 10.1 Å². The van der Waals surface area contributed by atoms with Crippen molar-refractivity contribution >= 4 is 41.4 Å². The van der Waals surface area contributed by atoms with Crippen molar-refractivity contribution in [2.75, 3.05) is 31.4 Å². The number of benzene rings is 1. The molecule has 0 saturated carbocycles. The number of nitrogens with zero attached hydrogens (tertiary/aromatic N) is 1.